The first-order valence-electron chi connectivity index (χ1n) is 6.82. The van der Waals surface area contributed by atoms with Gasteiger partial charge in [0.1, 0.15) is 0 Å². The van der Waals surface area contributed by atoms with Crippen LogP contribution in [0.15, 0.2) is 37.0 Å². The zero-order chi connectivity index (χ0) is 12.9. The first-order valence-corrected chi connectivity index (χ1v) is 6.82. The van der Waals surface area contributed by atoms with Crippen LogP contribution in [0.25, 0.3) is 0 Å². The molecule has 0 saturated carbocycles. The highest BCUT2D eigenvalue weighted by molar-refractivity contribution is 5.26. The highest BCUT2D eigenvalue weighted by Crippen LogP contribution is 2.55. The van der Waals surface area contributed by atoms with Gasteiger partial charge < -0.3 is 5.32 Å². The Labute approximate surface area is 107 Å². The van der Waals surface area contributed by atoms with E-state index >= 15 is 0 Å². The quantitative estimate of drug-likeness (QED) is 0.708. The van der Waals surface area contributed by atoms with Crippen molar-refractivity contribution in [3.05, 3.63) is 37.0 Å². The van der Waals surface area contributed by atoms with E-state index in [1.165, 1.54) is 24.8 Å². The van der Waals surface area contributed by atoms with Gasteiger partial charge in [-0.15, -0.1) is 13.2 Å². The summed E-state index contributed by atoms with van der Waals surface area (Å²) in [4.78, 5) is 0. The lowest BCUT2D eigenvalue weighted by atomic mass is 9.58. The molecular weight excluding hydrogens is 206 g/mol. The number of piperidine rings is 1. The summed E-state index contributed by atoms with van der Waals surface area (Å²) in [5, 5.41) is 3.48. The van der Waals surface area contributed by atoms with Gasteiger partial charge >= 0.3 is 0 Å². The Balaban J connectivity index is 0.000000686. The van der Waals surface area contributed by atoms with Crippen molar-refractivity contribution < 1.29 is 0 Å². The fraction of sp³-hybridized carbons (Fsp3) is 0.625. The van der Waals surface area contributed by atoms with E-state index in [2.05, 4.69) is 43.6 Å². The molecule has 0 aromatic rings. The molecule has 1 spiro atoms. The zero-order valence-electron chi connectivity index (χ0n) is 11.7. The topological polar surface area (TPSA) is 12.0 Å². The van der Waals surface area contributed by atoms with Gasteiger partial charge in [-0.2, -0.15) is 0 Å². The first kappa shape index (κ1) is 14.2. The van der Waals surface area contributed by atoms with Crippen LogP contribution in [-0.4, -0.2) is 13.1 Å². The van der Waals surface area contributed by atoms with Crippen molar-refractivity contribution in [1.82, 2.24) is 5.32 Å². The molecule has 0 aromatic carbocycles. The van der Waals surface area contributed by atoms with Crippen LogP contribution in [0.5, 0.6) is 0 Å². The molecule has 1 heterocycles. The van der Waals surface area contributed by atoms with E-state index in [-0.39, 0.29) is 5.41 Å². The van der Waals surface area contributed by atoms with E-state index in [1.807, 2.05) is 13.8 Å². The molecule has 0 aromatic heterocycles. The largest absolute Gasteiger partial charge is 0.316 e. The maximum Gasteiger partial charge on any atom is 0.0244 e. The summed E-state index contributed by atoms with van der Waals surface area (Å²) in [7, 11) is 0. The minimum atomic E-state index is 0.0828. The minimum absolute atomic E-state index is 0.0828. The summed E-state index contributed by atoms with van der Waals surface area (Å²) in [5.74, 6) is 0. The lowest BCUT2D eigenvalue weighted by molar-refractivity contribution is 0.0930. The van der Waals surface area contributed by atoms with Gasteiger partial charge in [-0.1, -0.05) is 37.6 Å². The molecular formula is C16H27N. The predicted molar refractivity (Wildman–Crippen MR) is 77.1 cm³/mol. The van der Waals surface area contributed by atoms with E-state index in [4.69, 9.17) is 0 Å². The molecule has 1 unspecified atom stereocenters. The van der Waals surface area contributed by atoms with Crippen LogP contribution in [0.3, 0.4) is 0 Å². The van der Waals surface area contributed by atoms with Gasteiger partial charge in [-0.3, -0.25) is 0 Å². The van der Waals surface area contributed by atoms with Gasteiger partial charge in [0, 0.05) is 12.0 Å². The SMILES string of the molecule is C=CC1(C=C)CNCCC12CC=C(C)C2.CC. The van der Waals surface area contributed by atoms with Crippen LogP contribution in [0.2, 0.25) is 0 Å². The summed E-state index contributed by atoms with van der Waals surface area (Å²) >= 11 is 0. The Kier molecular flexibility index (Phi) is 4.76. The third-order valence-electron chi connectivity index (χ3n) is 4.37. The molecule has 0 bridgehead atoms. The molecule has 0 amide bonds. The molecule has 17 heavy (non-hydrogen) atoms. The summed E-state index contributed by atoms with van der Waals surface area (Å²) < 4.78 is 0. The van der Waals surface area contributed by atoms with Crippen LogP contribution in [0, 0.1) is 10.8 Å². The first-order chi connectivity index (χ1) is 8.18. The van der Waals surface area contributed by atoms with E-state index in [9.17, 15) is 0 Å². The van der Waals surface area contributed by atoms with Gasteiger partial charge in [-0.05, 0) is 38.1 Å². The molecule has 1 saturated heterocycles. The van der Waals surface area contributed by atoms with Gasteiger partial charge in [0.25, 0.3) is 0 Å². The average Bonchev–Trinajstić information content (AvgIpc) is 2.75. The van der Waals surface area contributed by atoms with Crippen LogP contribution in [0.1, 0.15) is 40.0 Å². The van der Waals surface area contributed by atoms with Crippen molar-refractivity contribution in [1.29, 1.82) is 0 Å². The van der Waals surface area contributed by atoms with E-state index in [0.29, 0.717) is 5.41 Å². The summed E-state index contributed by atoms with van der Waals surface area (Å²) in [6.07, 6.45) is 10.3. The van der Waals surface area contributed by atoms with Crippen LogP contribution < -0.4 is 5.32 Å². The van der Waals surface area contributed by atoms with Gasteiger partial charge in [0.15, 0.2) is 0 Å². The number of allylic oxidation sites excluding steroid dienone is 2. The summed E-state index contributed by atoms with van der Waals surface area (Å²) in [6.45, 7) is 16.4. The molecule has 96 valence electrons. The Morgan fingerprint density at radius 2 is 1.94 bits per heavy atom. The third kappa shape index (κ3) is 2.26. The number of hydrogen-bond acceptors (Lipinski definition) is 1. The second-order valence-corrected chi connectivity index (χ2v) is 5.09. The molecule has 0 radical (unpaired) electrons. The molecule has 1 heteroatoms. The lowest BCUT2D eigenvalue weighted by Crippen LogP contribution is -2.51. The summed E-state index contributed by atoms with van der Waals surface area (Å²) in [5.41, 5.74) is 1.98. The Morgan fingerprint density at radius 1 is 1.29 bits per heavy atom. The molecule has 1 atom stereocenters. The second-order valence-electron chi connectivity index (χ2n) is 5.09. The smallest absolute Gasteiger partial charge is 0.0244 e. The van der Waals surface area contributed by atoms with Crippen molar-refractivity contribution in [3.63, 3.8) is 0 Å². The van der Waals surface area contributed by atoms with Crippen molar-refractivity contribution in [2.45, 2.75) is 40.0 Å². The van der Waals surface area contributed by atoms with Crippen molar-refractivity contribution in [2.75, 3.05) is 13.1 Å². The monoisotopic (exact) mass is 233 g/mol. The standard InChI is InChI=1S/C14H21N.C2H6/c1-4-13(5-2)11-15-9-8-14(13)7-6-12(3)10-14;1-2/h4-6,15H,1-2,7-11H2,3H3;1-2H3. The van der Waals surface area contributed by atoms with Crippen molar-refractivity contribution in [3.8, 4) is 0 Å². The van der Waals surface area contributed by atoms with Crippen LogP contribution in [0.4, 0.5) is 0 Å². The maximum absolute atomic E-state index is 4.04. The van der Waals surface area contributed by atoms with Gasteiger partial charge in [-0.25, -0.2) is 0 Å². The molecule has 1 aliphatic heterocycles. The number of hydrogen-bond donors (Lipinski definition) is 1. The van der Waals surface area contributed by atoms with Crippen molar-refractivity contribution >= 4 is 0 Å². The lowest BCUT2D eigenvalue weighted by Gasteiger charge is -2.49. The Bertz CT molecular complexity index is 305. The molecule has 1 fully saturated rings. The zero-order valence-corrected chi connectivity index (χ0v) is 11.7. The molecule has 1 aliphatic carbocycles. The maximum atomic E-state index is 4.04. The fourth-order valence-corrected chi connectivity index (χ4v) is 3.30. The van der Waals surface area contributed by atoms with Crippen molar-refractivity contribution in [2.24, 2.45) is 10.8 Å². The average molecular weight is 233 g/mol. The van der Waals surface area contributed by atoms with Gasteiger partial charge in [0.2, 0.25) is 0 Å². The Morgan fingerprint density at radius 3 is 2.41 bits per heavy atom. The fourth-order valence-electron chi connectivity index (χ4n) is 3.30. The Hall–Kier alpha value is -0.820. The van der Waals surface area contributed by atoms with E-state index < -0.39 is 0 Å². The molecule has 2 aliphatic rings. The third-order valence-corrected chi connectivity index (χ3v) is 4.37. The minimum Gasteiger partial charge on any atom is -0.316 e. The molecule has 1 N–H and O–H groups in total. The normalized spacial score (nSPS) is 30.2. The highest BCUT2D eigenvalue weighted by atomic mass is 14.9. The second kappa shape index (κ2) is 5.68. The molecule has 2 rings (SSSR count). The number of nitrogens with one attached hydrogen (secondary N) is 1. The summed E-state index contributed by atoms with van der Waals surface area (Å²) in [6, 6.07) is 0. The highest BCUT2D eigenvalue weighted by Gasteiger charge is 2.49. The van der Waals surface area contributed by atoms with E-state index in [0.717, 1.165) is 13.1 Å². The number of rotatable bonds is 2. The van der Waals surface area contributed by atoms with E-state index in [1.54, 1.807) is 0 Å². The van der Waals surface area contributed by atoms with Crippen LogP contribution >= 0.6 is 0 Å². The van der Waals surface area contributed by atoms with Crippen LogP contribution in [-0.2, 0) is 0 Å². The predicted octanol–water partition coefficient (Wildman–Crippen LogP) is 4.09. The molecule has 1 nitrogen and oxygen atoms in total. The van der Waals surface area contributed by atoms with Gasteiger partial charge in [0.05, 0.1) is 0 Å².